The minimum absolute atomic E-state index is 0.0741. The molecule has 0 N–H and O–H groups in total. The van der Waals surface area contributed by atoms with Crippen molar-refractivity contribution in [1.82, 2.24) is 0 Å². The number of amides is 2. The van der Waals surface area contributed by atoms with E-state index >= 15 is 0 Å². The number of allylic oxidation sites excluding steroid dienone is 2. The van der Waals surface area contributed by atoms with Crippen molar-refractivity contribution in [2.45, 2.75) is 13.3 Å². The summed E-state index contributed by atoms with van der Waals surface area (Å²) in [6.07, 6.45) is 5.49. The minimum Gasteiger partial charge on any atom is -0.427 e. The van der Waals surface area contributed by atoms with Crippen molar-refractivity contribution < 1.29 is 19.1 Å². The molecule has 0 aromatic heterocycles. The first kappa shape index (κ1) is 14.0. The zero-order valence-corrected chi connectivity index (χ0v) is 13.2. The molecule has 5 aliphatic rings. The summed E-state index contributed by atoms with van der Waals surface area (Å²) >= 11 is 0. The van der Waals surface area contributed by atoms with Gasteiger partial charge in [-0.05, 0) is 54.4 Å². The van der Waals surface area contributed by atoms with Gasteiger partial charge in [0.2, 0.25) is 11.8 Å². The van der Waals surface area contributed by atoms with Gasteiger partial charge in [-0.2, -0.15) is 0 Å². The van der Waals surface area contributed by atoms with Crippen molar-refractivity contribution in [2.75, 3.05) is 4.90 Å². The number of rotatable bonds is 2. The number of esters is 1. The van der Waals surface area contributed by atoms with Gasteiger partial charge in [0, 0.05) is 6.92 Å². The van der Waals surface area contributed by atoms with E-state index in [9.17, 15) is 14.4 Å². The van der Waals surface area contributed by atoms with Crippen LogP contribution in [0.1, 0.15) is 13.3 Å². The van der Waals surface area contributed by atoms with Gasteiger partial charge >= 0.3 is 5.97 Å². The Kier molecular flexibility index (Phi) is 2.65. The number of carbonyl (C=O) groups excluding carboxylic acids is 3. The lowest BCUT2D eigenvalue weighted by Crippen LogP contribution is -2.40. The summed E-state index contributed by atoms with van der Waals surface area (Å²) in [5.41, 5.74) is 0.559. The molecule has 2 bridgehead atoms. The first-order valence-corrected chi connectivity index (χ1v) is 8.41. The number of hydrogen-bond acceptors (Lipinski definition) is 4. The number of nitrogens with zero attached hydrogens (tertiary/aromatic N) is 1. The van der Waals surface area contributed by atoms with Crippen LogP contribution in [0, 0.1) is 35.5 Å². The van der Waals surface area contributed by atoms with E-state index in [1.54, 1.807) is 24.3 Å². The second kappa shape index (κ2) is 4.56. The molecule has 6 rings (SSSR count). The Balaban J connectivity index is 1.47. The standard InChI is InChI=1S/C19H17NO4/c1-9(21)24-11-4-2-10(3-5-11)20-18(22)16-12-6-7-13(15-8-14(12)15)17(16)19(20)23/h2-7,12-17H,8H2,1H3/t12-,13-,14-,15-,16-,17+/m0/s1. The summed E-state index contributed by atoms with van der Waals surface area (Å²) in [6, 6.07) is 6.57. The second-order valence-corrected chi connectivity index (χ2v) is 7.25. The van der Waals surface area contributed by atoms with Crippen molar-refractivity contribution in [3.8, 4) is 5.75 Å². The van der Waals surface area contributed by atoms with E-state index in [2.05, 4.69) is 12.2 Å². The SMILES string of the molecule is CC(=O)Oc1ccc(N2C(=O)[C@@H]3[C@H]4C=C[C@@H]([C@@H]5C[C@@H]45)[C@@H]3C2=O)cc1. The molecule has 2 amide bonds. The van der Waals surface area contributed by atoms with Gasteiger partial charge in [-0.3, -0.25) is 19.3 Å². The Bertz CT molecular complexity index is 760. The summed E-state index contributed by atoms with van der Waals surface area (Å²) in [6.45, 7) is 1.33. The van der Waals surface area contributed by atoms with Gasteiger partial charge in [0.05, 0.1) is 17.5 Å². The molecular formula is C19H17NO4. The van der Waals surface area contributed by atoms with Gasteiger partial charge in [-0.1, -0.05) is 12.2 Å². The van der Waals surface area contributed by atoms with Crippen LogP contribution in [-0.2, 0) is 14.4 Å². The Morgan fingerprint density at radius 3 is 2.04 bits per heavy atom. The summed E-state index contributed by atoms with van der Waals surface area (Å²) < 4.78 is 5.01. The highest BCUT2D eigenvalue weighted by atomic mass is 16.5. The fourth-order valence-corrected chi connectivity index (χ4v) is 5.04. The number of imide groups is 1. The molecule has 5 heteroatoms. The molecule has 1 saturated heterocycles. The summed E-state index contributed by atoms with van der Waals surface area (Å²) in [7, 11) is 0. The summed E-state index contributed by atoms with van der Waals surface area (Å²) in [5.74, 6) is 1.14. The van der Waals surface area contributed by atoms with Gasteiger partial charge in [0.15, 0.2) is 0 Å². The maximum atomic E-state index is 13.0. The van der Waals surface area contributed by atoms with Crippen LogP contribution in [0.5, 0.6) is 5.75 Å². The van der Waals surface area contributed by atoms with Gasteiger partial charge in [-0.25, -0.2) is 0 Å². The van der Waals surface area contributed by atoms with Gasteiger partial charge in [0.1, 0.15) is 5.75 Å². The molecule has 24 heavy (non-hydrogen) atoms. The second-order valence-electron chi connectivity index (χ2n) is 7.25. The third-order valence-electron chi connectivity index (χ3n) is 6.02. The highest BCUT2D eigenvalue weighted by molar-refractivity contribution is 6.22. The molecule has 0 unspecified atom stereocenters. The molecule has 3 fully saturated rings. The summed E-state index contributed by atoms with van der Waals surface area (Å²) in [5, 5.41) is 0. The van der Waals surface area contributed by atoms with E-state index in [1.807, 2.05) is 0 Å². The van der Waals surface area contributed by atoms with E-state index in [0.717, 1.165) is 6.42 Å². The van der Waals surface area contributed by atoms with Crippen molar-refractivity contribution >= 4 is 23.5 Å². The van der Waals surface area contributed by atoms with Gasteiger partial charge in [-0.15, -0.1) is 0 Å². The van der Waals surface area contributed by atoms with E-state index in [4.69, 9.17) is 4.74 Å². The lowest BCUT2D eigenvalue weighted by atomic mass is 9.63. The van der Waals surface area contributed by atoms with E-state index in [0.29, 0.717) is 23.3 Å². The number of carbonyl (C=O) groups is 3. The van der Waals surface area contributed by atoms with Crippen LogP contribution in [-0.4, -0.2) is 17.8 Å². The molecule has 1 aliphatic heterocycles. The van der Waals surface area contributed by atoms with Gasteiger partial charge < -0.3 is 4.74 Å². The van der Waals surface area contributed by atoms with Crippen molar-refractivity contribution in [3.05, 3.63) is 36.4 Å². The van der Waals surface area contributed by atoms with E-state index < -0.39 is 5.97 Å². The van der Waals surface area contributed by atoms with Crippen LogP contribution in [0.15, 0.2) is 36.4 Å². The minimum atomic E-state index is -0.399. The number of anilines is 1. The number of hydrogen-bond donors (Lipinski definition) is 0. The quantitative estimate of drug-likeness (QED) is 0.362. The third-order valence-corrected chi connectivity index (χ3v) is 6.02. The van der Waals surface area contributed by atoms with Crippen LogP contribution in [0.25, 0.3) is 0 Å². The zero-order chi connectivity index (χ0) is 16.6. The van der Waals surface area contributed by atoms with Crippen molar-refractivity contribution in [1.29, 1.82) is 0 Å². The maximum Gasteiger partial charge on any atom is 0.308 e. The molecule has 122 valence electrons. The highest BCUT2D eigenvalue weighted by Gasteiger charge is 2.67. The molecule has 1 aromatic carbocycles. The molecule has 0 spiro atoms. The lowest BCUT2D eigenvalue weighted by molar-refractivity contribution is -0.132. The molecule has 1 heterocycles. The first-order valence-electron chi connectivity index (χ1n) is 8.41. The highest BCUT2D eigenvalue weighted by Crippen LogP contribution is 2.65. The van der Waals surface area contributed by atoms with Crippen LogP contribution in [0.3, 0.4) is 0 Å². The number of benzene rings is 1. The normalized spacial score (nSPS) is 38.1. The third kappa shape index (κ3) is 1.72. The van der Waals surface area contributed by atoms with Crippen molar-refractivity contribution in [3.63, 3.8) is 0 Å². The fraction of sp³-hybridized carbons (Fsp3) is 0.421. The number of ether oxygens (including phenoxy) is 1. The molecule has 1 aromatic rings. The molecule has 6 atom stereocenters. The van der Waals surface area contributed by atoms with Crippen LogP contribution in [0.2, 0.25) is 0 Å². The van der Waals surface area contributed by atoms with E-state index in [1.165, 1.54) is 11.8 Å². The Labute approximate surface area is 139 Å². The Morgan fingerprint density at radius 2 is 1.54 bits per heavy atom. The monoisotopic (exact) mass is 323 g/mol. The maximum absolute atomic E-state index is 13.0. The Morgan fingerprint density at radius 1 is 1.00 bits per heavy atom. The van der Waals surface area contributed by atoms with Crippen LogP contribution in [0.4, 0.5) is 5.69 Å². The zero-order valence-electron chi connectivity index (χ0n) is 13.2. The topological polar surface area (TPSA) is 63.7 Å². The average molecular weight is 323 g/mol. The molecule has 2 saturated carbocycles. The largest absolute Gasteiger partial charge is 0.427 e. The average Bonchev–Trinajstić information content (AvgIpc) is 3.33. The lowest BCUT2D eigenvalue weighted by Gasteiger charge is -2.37. The molecule has 5 nitrogen and oxygen atoms in total. The first-order chi connectivity index (χ1) is 11.6. The fourth-order valence-electron chi connectivity index (χ4n) is 5.04. The van der Waals surface area contributed by atoms with Crippen LogP contribution < -0.4 is 9.64 Å². The summed E-state index contributed by atoms with van der Waals surface area (Å²) in [4.78, 5) is 38.2. The van der Waals surface area contributed by atoms with E-state index in [-0.39, 0.29) is 35.5 Å². The Hall–Kier alpha value is -2.43. The molecular weight excluding hydrogens is 306 g/mol. The molecule has 4 aliphatic carbocycles. The predicted molar refractivity (Wildman–Crippen MR) is 84.9 cm³/mol. The predicted octanol–water partition coefficient (Wildman–Crippen LogP) is 2.17. The van der Waals surface area contributed by atoms with Crippen molar-refractivity contribution in [2.24, 2.45) is 35.5 Å². The van der Waals surface area contributed by atoms with Gasteiger partial charge in [0.25, 0.3) is 0 Å². The smallest absolute Gasteiger partial charge is 0.308 e. The molecule has 0 radical (unpaired) electrons. The van der Waals surface area contributed by atoms with Crippen LogP contribution >= 0.6 is 0 Å².